The fraction of sp³-hybridized carbons (Fsp3) is 0.241. The van der Waals surface area contributed by atoms with Crippen LogP contribution in [0.5, 0.6) is 5.75 Å². The van der Waals surface area contributed by atoms with E-state index >= 15 is 0 Å². The number of amides is 2. The summed E-state index contributed by atoms with van der Waals surface area (Å²) in [6, 6.07) is 24.0. The molecule has 1 aliphatic rings. The third-order valence-corrected chi connectivity index (χ3v) is 6.68. The normalized spacial score (nSPS) is 13.7. The van der Waals surface area contributed by atoms with Crippen LogP contribution in [0.15, 0.2) is 79.0 Å². The number of rotatable bonds is 8. The maximum Gasteiger partial charge on any atom is 0.265 e. The largest absolute Gasteiger partial charge is 0.482 e. The molecule has 1 unspecified atom stereocenters. The number of carbonyl (C=O) groups is 2. The van der Waals surface area contributed by atoms with Gasteiger partial charge in [0.05, 0.1) is 5.69 Å². The Kier molecular flexibility index (Phi) is 6.62. The number of hydrogen-bond donors (Lipinski definition) is 2. The first-order chi connectivity index (χ1) is 17.5. The Labute approximate surface area is 210 Å². The van der Waals surface area contributed by atoms with E-state index in [1.165, 1.54) is 0 Å². The predicted molar refractivity (Wildman–Crippen MR) is 143 cm³/mol. The summed E-state index contributed by atoms with van der Waals surface area (Å²) < 4.78 is 5.50. The van der Waals surface area contributed by atoms with Crippen LogP contribution < -0.4 is 19.9 Å². The fourth-order valence-electron chi connectivity index (χ4n) is 4.71. The highest BCUT2D eigenvalue weighted by atomic mass is 16.5. The molecular formula is C29H30N4O3. The molecule has 5 rings (SSSR count). The molecule has 3 aromatic carbocycles. The Bertz CT molecular complexity index is 1380. The Morgan fingerprint density at radius 1 is 1.06 bits per heavy atom. The van der Waals surface area contributed by atoms with E-state index in [1.54, 1.807) is 4.90 Å². The lowest BCUT2D eigenvalue weighted by molar-refractivity contribution is -0.122. The van der Waals surface area contributed by atoms with Crippen molar-refractivity contribution in [2.75, 3.05) is 43.6 Å². The zero-order valence-electron chi connectivity index (χ0n) is 20.5. The number of anilines is 2. The zero-order valence-corrected chi connectivity index (χ0v) is 20.5. The van der Waals surface area contributed by atoms with Crippen molar-refractivity contribution in [2.24, 2.45) is 0 Å². The molecule has 2 N–H and O–H groups in total. The topological polar surface area (TPSA) is 77.7 Å². The highest BCUT2D eigenvalue weighted by Gasteiger charge is 2.26. The van der Waals surface area contributed by atoms with Gasteiger partial charge in [-0.05, 0) is 41.5 Å². The molecule has 4 aromatic rings. The minimum atomic E-state index is -0.140. The molecule has 7 nitrogen and oxygen atoms in total. The lowest BCUT2D eigenvalue weighted by atomic mass is 9.90. The number of nitrogens with one attached hydrogen (secondary N) is 2. The molecule has 36 heavy (non-hydrogen) atoms. The maximum atomic E-state index is 12.9. The molecule has 0 fully saturated rings. The van der Waals surface area contributed by atoms with Crippen LogP contribution in [0.3, 0.4) is 0 Å². The van der Waals surface area contributed by atoms with Crippen LogP contribution in [0.1, 0.15) is 23.5 Å². The van der Waals surface area contributed by atoms with E-state index in [1.807, 2.05) is 56.7 Å². The van der Waals surface area contributed by atoms with E-state index in [0.717, 1.165) is 27.7 Å². The highest BCUT2D eigenvalue weighted by Crippen LogP contribution is 2.33. The van der Waals surface area contributed by atoms with Crippen molar-refractivity contribution in [3.05, 3.63) is 90.1 Å². The molecule has 2 amide bonds. The first-order valence-corrected chi connectivity index (χ1v) is 12.1. The smallest absolute Gasteiger partial charge is 0.265 e. The molecule has 0 saturated heterocycles. The summed E-state index contributed by atoms with van der Waals surface area (Å²) in [7, 11) is 4.04. The molecule has 0 bridgehead atoms. The Hall–Kier alpha value is -4.26. The number of carbonyl (C=O) groups excluding carboxylic acids is 2. The number of fused-ring (bicyclic) bond motifs is 2. The average Bonchev–Trinajstić information content (AvgIpc) is 3.32. The molecule has 7 heteroatoms. The minimum Gasteiger partial charge on any atom is -0.482 e. The van der Waals surface area contributed by atoms with Crippen LogP contribution >= 0.6 is 0 Å². The Morgan fingerprint density at radius 3 is 2.61 bits per heavy atom. The van der Waals surface area contributed by atoms with Gasteiger partial charge in [-0.2, -0.15) is 0 Å². The van der Waals surface area contributed by atoms with Crippen LogP contribution in [0.4, 0.5) is 11.4 Å². The number of nitrogens with zero attached hydrogens (tertiary/aromatic N) is 2. The van der Waals surface area contributed by atoms with E-state index in [2.05, 4.69) is 51.6 Å². The second-order valence-corrected chi connectivity index (χ2v) is 9.18. The van der Waals surface area contributed by atoms with Crippen LogP contribution in [0.25, 0.3) is 10.9 Å². The van der Waals surface area contributed by atoms with E-state index in [4.69, 9.17) is 4.74 Å². The van der Waals surface area contributed by atoms with Crippen LogP contribution in [-0.2, 0) is 9.59 Å². The SMILES string of the molecule is CN(C)c1ccc(C(CNC(=O)CCN2C(=O)COc3ccccc32)c2c[nH]c3ccccc23)cc1. The maximum absolute atomic E-state index is 12.9. The third kappa shape index (κ3) is 4.77. The van der Waals surface area contributed by atoms with Crippen molar-refractivity contribution in [1.29, 1.82) is 0 Å². The van der Waals surface area contributed by atoms with Gasteiger partial charge in [0.1, 0.15) is 5.75 Å². The summed E-state index contributed by atoms with van der Waals surface area (Å²) in [4.78, 5) is 32.4. The molecule has 2 heterocycles. The standard InChI is InChI=1S/C29H30N4O3/c1-32(2)21-13-11-20(12-14-21)23(24-18-30-25-8-4-3-7-22(24)25)17-31-28(34)15-16-33-26-9-5-6-10-27(26)36-19-29(33)35/h3-14,18,23,30H,15-17,19H2,1-2H3,(H,31,34). The molecule has 1 aliphatic heterocycles. The van der Waals surface area contributed by atoms with E-state index in [0.29, 0.717) is 24.5 Å². The van der Waals surface area contributed by atoms with Gasteiger partial charge >= 0.3 is 0 Å². The van der Waals surface area contributed by atoms with Crippen molar-refractivity contribution < 1.29 is 14.3 Å². The van der Waals surface area contributed by atoms with Gasteiger partial charge in [0, 0.05) is 62.3 Å². The van der Waals surface area contributed by atoms with Gasteiger partial charge in [0.15, 0.2) is 6.61 Å². The molecule has 0 radical (unpaired) electrons. The van der Waals surface area contributed by atoms with Crippen LogP contribution in [0.2, 0.25) is 0 Å². The summed E-state index contributed by atoms with van der Waals surface area (Å²) in [5.41, 5.74) is 5.16. The number of aromatic nitrogens is 1. The summed E-state index contributed by atoms with van der Waals surface area (Å²) in [5.74, 6) is 0.408. The first kappa shape index (κ1) is 23.5. The minimum absolute atomic E-state index is 0.00971. The highest BCUT2D eigenvalue weighted by molar-refractivity contribution is 5.98. The number of aromatic amines is 1. The number of H-pyrrole nitrogens is 1. The summed E-state index contributed by atoms with van der Waals surface area (Å²) in [6.07, 6.45) is 2.24. The lowest BCUT2D eigenvalue weighted by Crippen LogP contribution is -2.41. The van der Waals surface area contributed by atoms with Gasteiger partial charge in [-0.3, -0.25) is 9.59 Å². The molecule has 1 aromatic heterocycles. The molecule has 184 valence electrons. The van der Waals surface area contributed by atoms with Gasteiger partial charge in [-0.15, -0.1) is 0 Å². The quantitative estimate of drug-likeness (QED) is 0.393. The second kappa shape index (κ2) is 10.2. The van der Waals surface area contributed by atoms with E-state index in [9.17, 15) is 9.59 Å². The molecular weight excluding hydrogens is 452 g/mol. The third-order valence-electron chi connectivity index (χ3n) is 6.68. The second-order valence-electron chi connectivity index (χ2n) is 9.18. The van der Waals surface area contributed by atoms with Gasteiger partial charge < -0.3 is 24.8 Å². The molecule has 1 atom stereocenters. The van der Waals surface area contributed by atoms with Gasteiger partial charge in [0.2, 0.25) is 5.91 Å². The summed E-state index contributed by atoms with van der Waals surface area (Å²) >= 11 is 0. The monoisotopic (exact) mass is 482 g/mol. The van der Waals surface area contributed by atoms with Crippen molar-refractivity contribution in [2.45, 2.75) is 12.3 Å². The zero-order chi connectivity index (χ0) is 25.1. The molecule has 0 spiro atoms. The predicted octanol–water partition coefficient (Wildman–Crippen LogP) is 4.30. The van der Waals surface area contributed by atoms with Gasteiger partial charge in [0.25, 0.3) is 5.91 Å². The molecule has 0 saturated carbocycles. The van der Waals surface area contributed by atoms with Crippen molar-refractivity contribution in [3.8, 4) is 5.75 Å². The first-order valence-electron chi connectivity index (χ1n) is 12.1. The van der Waals surface area contributed by atoms with Gasteiger partial charge in [-0.1, -0.05) is 42.5 Å². The summed E-state index contributed by atoms with van der Waals surface area (Å²) in [6.45, 7) is 0.750. The number of para-hydroxylation sites is 3. The summed E-state index contributed by atoms with van der Waals surface area (Å²) in [5, 5.41) is 4.26. The van der Waals surface area contributed by atoms with Crippen molar-refractivity contribution in [3.63, 3.8) is 0 Å². The molecule has 0 aliphatic carbocycles. The Morgan fingerprint density at radius 2 is 1.81 bits per heavy atom. The lowest BCUT2D eigenvalue weighted by Gasteiger charge is -2.29. The average molecular weight is 483 g/mol. The van der Waals surface area contributed by atoms with Crippen molar-refractivity contribution >= 4 is 34.1 Å². The van der Waals surface area contributed by atoms with Crippen LogP contribution in [-0.4, -0.2) is 50.6 Å². The van der Waals surface area contributed by atoms with E-state index in [-0.39, 0.29) is 30.8 Å². The van der Waals surface area contributed by atoms with Crippen molar-refractivity contribution in [1.82, 2.24) is 10.3 Å². The van der Waals surface area contributed by atoms with Gasteiger partial charge in [-0.25, -0.2) is 0 Å². The number of ether oxygens (including phenoxy) is 1. The van der Waals surface area contributed by atoms with E-state index < -0.39 is 0 Å². The van der Waals surface area contributed by atoms with Crippen LogP contribution in [0, 0.1) is 0 Å². The number of benzene rings is 3. The fourth-order valence-corrected chi connectivity index (χ4v) is 4.71. The number of hydrogen-bond acceptors (Lipinski definition) is 4. The Balaban J connectivity index is 1.32.